The molecule has 1 saturated heterocycles. The van der Waals surface area contributed by atoms with Crippen molar-refractivity contribution in [2.24, 2.45) is 41.4 Å². The molecule has 0 aromatic carbocycles. The standard InChI is InChI=1S/C67H119N11O14/c1-26-28-29-43(15)56(80)55-60(84)70-47(27-2)62(86)76(23)52(36-92-31-30-44(16)79)65(89)72(19)49(33-38(5)6)59(83)71-53(41(11)12)66(90)73(20)48(32-37(3)4)58(82)68-45(17)57(81)69-46(18)61(85)74(21)50(34-39(7)8)63(87)75(22)51(35-40(9)10)64(88)77(24)54(42(13)14)67(91)78(55)25/h26,28,37-43,45-56,80H,27,29-36H2,1-25H3,(H,68,82)(H,69,81)(H,70,84)(H,71,83)/b28-26+/t43-,45+,46-,47+,48+,49+,50+,51+,52-,53+,54+,55+,56-/m1/s1. The maximum Gasteiger partial charge on any atom is 0.248 e. The number of carbonyl (C=O) groups is 12. The number of carbonyl (C=O) groups excluding carboxylic acids is 12. The number of nitrogens with zero attached hydrogens (tertiary/aromatic N) is 7. The second kappa shape index (κ2) is 38.6. The van der Waals surface area contributed by atoms with Gasteiger partial charge in [-0.3, -0.25) is 57.5 Å². The molecule has 1 rings (SSSR count). The van der Waals surface area contributed by atoms with E-state index in [-0.39, 0.29) is 81.0 Å². The second-order valence-electron chi connectivity index (χ2n) is 27.8. The third kappa shape index (κ3) is 23.8. The van der Waals surface area contributed by atoms with Crippen molar-refractivity contribution in [3.05, 3.63) is 12.2 Å². The zero-order valence-electron chi connectivity index (χ0n) is 60.4. The molecule has 0 aliphatic carbocycles. The van der Waals surface area contributed by atoms with Crippen LogP contribution in [-0.4, -0.2) is 245 Å². The van der Waals surface area contributed by atoms with E-state index in [1.54, 1.807) is 60.6 Å². The number of ketones is 1. The van der Waals surface area contributed by atoms with Gasteiger partial charge in [0.15, 0.2) is 0 Å². The molecular formula is C67H119N11O14. The summed E-state index contributed by atoms with van der Waals surface area (Å²) >= 11 is 0. The number of hydrogen-bond acceptors (Lipinski definition) is 14. The molecule has 1 aliphatic heterocycles. The first-order chi connectivity index (χ1) is 42.5. The maximum absolute atomic E-state index is 15.3. The van der Waals surface area contributed by atoms with Crippen molar-refractivity contribution in [1.29, 1.82) is 0 Å². The number of aliphatic hydroxyl groups is 1. The van der Waals surface area contributed by atoms with Crippen molar-refractivity contribution >= 4 is 70.8 Å². The van der Waals surface area contributed by atoms with Gasteiger partial charge in [-0.1, -0.05) is 109 Å². The van der Waals surface area contributed by atoms with Gasteiger partial charge in [0.1, 0.15) is 72.2 Å². The SMILES string of the molecule is C/C=C/C[C@@H](C)[C@@H](O)[C@H]1C(=O)N[C@@H](CC)C(=O)N(C)[C@H](COCCC(C)=O)C(=O)N(C)[C@@H](CC(C)C)C(=O)N[C@@H](C(C)C)C(=O)N(C)[C@@H](CC(C)C)C(=O)N[C@@H](C)C(=O)N[C@H](C)C(=O)N(C)[C@@H](CC(C)C)C(=O)N(C)[C@@H](CC(C)C)C(=O)N(C)[C@@H](C(C)C)C(=O)N1C. The zero-order chi connectivity index (χ0) is 71.3. The summed E-state index contributed by atoms with van der Waals surface area (Å²) in [5, 5.41) is 23.3. The van der Waals surface area contributed by atoms with Crippen LogP contribution >= 0.6 is 0 Å². The number of rotatable bonds is 20. The summed E-state index contributed by atoms with van der Waals surface area (Å²) < 4.78 is 5.90. The Morgan fingerprint density at radius 2 is 0.880 bits per heavy atom. The van der Waals surface area contributed by atoms with Crippen LogP contribution in [0.4, 0.5) is 0 Å². The number of hydrogen-bond donors (Lipinski definition) is 5. The smallest absolute Gasteiger partial charge is 0.248 e. The molecule has 0 radical (unpaired) electrons. The Balaban J connectivity index is 4.53. The van der Waals surface area contributed by atoms with E-state index in [2.05, 4.69) is 21.3 Å². The highest BCUT2D eigenvalue weighted by Gasteiger charge is 2.46. The molecule has 0 unspecified atom stereocenters. The van der Waals surface area contributed by atoms with Gasteiger partial charge in [0.2, 0.25) is 65.0 Å². The summed E-state index contributed by atoms with van der Waals surface area (Å²) in [5.74, 6) is -10.7. The minimum absolute atomic E-state index is 0.0229. The molecule has 11 amide bonds. The summed E-state index contributed by atoms with van der Waals surface area (Å²) in [6.45, 7) is 30.4. The highest BCUT2D eigenvalue weighted by molar-refractivity contribution is 6.00. The predicted octanol–water partition coefficient (Wildman–Crippen LogP) is 3.63. The van der Waals surface area contributed by atoms with E-state index in [1.165, 1.54) is 94.6 Å². The summed E-state index contributed by atoms with van der Waals surface area (Å²) in [6, 6.07) is -14.4. The van der Waals surface area contributed by atoms with Gasteiger partial charge in [-0.2, -0.15) is 0 Å². The maximum atomic E-state index is 15.3. The second-order valence-corrected chi connectivity index (χ2v) is 27.8. The molecule has 1 aliphatic rings. The van der Waals surface area contributed by atoms with Crippen LogP contribution in [0, 0.1) is 41.4 Å². The lowest BCUT2D eigenvalue weighted by molar-refractivity contribution is -0.157. The van der Waals surface area contributed by atoms with Gasteiger partial charge in [0, 0.05) is 55.8 Å². The topological polar surface area (TPSA) is 305 Å². The van der Waals surface area contributed by atoms with E-state index in [1.807, 2.05) is 55.4 Å². The van der Waals surface area contributed by atoms with E-state index >= 15 is 24.0 Å². The Bertz CT molecular complexity index is 2540. The first-order valence-corrected chi connectivity index (χ1v) is 33.0. The molecule has 0 aromatic heterocycles. The Hall–Kier alpha value is -6.50. The molecule has 5 N–H and O–H groups in total. The molecule has 25 heteroatoms. The normalized spacial score (nSPS) is 26.5. The quantitative estimate of drug-likeness (QED) is 0.0860. The molecule has 526 valence electrons. The zero-order valence-corrected chi connectivity index (χ0v) is 60.4. The highest BCUT2D eigenvalue weighted by atomic mass is 16.5. The van der Waals surface area contributed by atoms with Crippen molar-refractivity contribution in [3.8, 4) is 0 Å². The van der Waals surface area contributed by atoms with Gasteiger partial charge in [0.25, 0.3) is 0 Å². The number of amides is 11. The van der Waals surface area contributed by atoms with Crippen LogP contribution in [0.15, 0.2) is 12.2 Å². The van der Waals surface area contributed by atoms with Gasteiger partial charge < -0.3 is 65.4 Å². The van der Waals surface area contributed by atoms with Crippen LogP contribution in [0.1, 0.15) is 170 Å². The largest absolute Gasteiger partial charge is 0.390 e. The Morgan fingerprint density at radius 3 is 1.33 bits per heavy atom. The van der Waals surface area contributed by atoms with Crippen LogP contribution in [-0.2, 0) is 62.3 Å². The number of ether oxygens (including phenoxy) is 1. The lowest BCUT2D eigenvalue weighted by Gasteiger charge is -2.41. The van der Waals surface area contributed by atoms with Crippen LogP contribution in [0.2, 0.25) is 0 Å². The molecule has 25 nitrogen and oxygen atoms in total. The summed E-state index contributed by atoms with van der Waals surface area (Å²) in [6.07, 6.45) is 2.66. The van der Waals surface area contributed by atoms with Crippen LogP contribution < -0.4 is 21.3 Å². The first kappa shape index (κ1) is 83.5. The lowest BCUT2D eigenvalue weighted by Crippen LogP contribution is -2.64. The molecule has 92 heavy (non-hydrogen) atoms. The number of allylic oxidation sites excluding steroid dienone is 2. The Labute approximate surface area is 549 Å². The number of nitrogens with one attached hydrogen (secondary N) is 4. The van der Waals surface area contributed by atoms with Crippen LogP contribution in [0.25, 0.3) is 0 Å². The van der Waals surface area contributed by atoms with Gasteiger partial charge in [-0.15, -0.1) is 0 Å². The average molecular weight is 1300 g/mol. The van der Waals surface area contributed by atoms with Gasteiger partial charge in [-0.05, 0) is 108 Å². The monoisotopic (exact) mass is 1300 g/mol. The predicted molar refractivity (Wildman–Crippen MR) is 353 cm³/mol. The minimum atomic E-state index is -1.68. The van der Waals surface area contributed by atoms with E-state index in [9.17, 15) is 38.7 Å². The first-order valence-electron chi connectivity index (χ1n) is 33.0. The molecule has 1 fully saturated rings. The lowest BCUT2D eigenvalue weighted by atomic mass is 9.91. The number of Topliss-reactive ketones (excluding diaryl/α,β-unsaturated/α-hetero) is 1. The van der Waals surface area contributed by atoms with Gasteiger partial charge in [-0.25, -0.2) is 0 Å². The fourth-order valence-electron chi connectivity index (χ4n) is 11.4. The summed E-state index contributed by atoms with van der Waals surface area (Å²) in [7, 11) is 9.77. The molecule has 0 aromatic rings. The van der Waals surface area contributed by atoms with Crippen LogP contribution in [0.5, 0.6) is 0 Å². The Kier molecular flexibility index (Phi) is 35.1. The third-order valence-corrected chi connectivity index (χ3v) is 17.3. The molecule has 0 saturated carbocycles. The molecule has 0 bridgehead atoms. The number of aliphatic hydroxyl groups excluding tert-OH is 1. The van der Waals surface area contributed by atoms with Crippen LogP contribution in [0.3, 0.4) is 0 Å². The third-order valence-electron chi connectivity index (χ3n) is 17.3. The summed E-state index contributed by atoms with van der Waals surface area (Å²) in [4.78, 5) is 184. The fraction of sp³-hybridized carbons (Fsp3) is 0.791. The van der Waals surface area contributed by atoms with E-state index in [0.717, 1.165) is 9.80 Å². The van der Waals surface area contributed by atoms with E-state index < -0.39 is 162 Å². The van der Waals surface area contributed by atoms with Crippen molar-refractivity contribution in [2.75, 3.05) is 62.5 Å². The fourth-order valence-corrected chi connectivity index (χ4v) is 11.4. The van der Waals surface area contributed by atoms with E-state index in [4.69, 9.17) is 4.74 Å². The average Bonchev–Trinajstić information content (AvgIpc) is 0.861. The molecule has 1 heterocycles. The van der Waals surface area contributed by atoms with Crippen molar-refractivity contribution in [3.63, 3.8) is 0 Å². The molecule has 13 atom stereocenters. The summed E-state index contributed by atoms with van der Waals surface area (Å²) in [5.41, 5.74) is 0. The van der Waals surface area contributed by atoms with Gasteiger partial charge >= 0.3 is 0 Å². The number of likely N-dealkylation sites (N-methyl/N-ethyl adjacent to an activating group) is 7. The molecule has 0 spiro atoms. The highest BCUT2D eigenvalue weighted by Crippen LogP contribution is 2.26. The Morgan fingerprint density at radius 1 is 0.478 bits per heavy atom. The van der Waals surface area contributed by atoms with Crippen molar-refractivity contribution in [1.82, 2.24) is 55.6 Å². The van der Waals surface area contributed by atoms with Gasteiger partial charge in [0.05, 0.1) is 19.3 Å². The van der Waals surface area contributed by atoms with E-state index in [0.29, 0.717) is 0 Å². The minimum Gasteiger partial charge on any atom is -0.390 e. The van der Waals surface area contributed by atoms with Crippen molar-refractivity contribution < 1.29 is 67.4 Å². The van der Waals surface area contributed by atoms with Crippen molar-refractivity contribution in [2.45, 2.75) is 242 Å². The molecular weight excluding hydrogens is 1180 g/mol.